The van der Waals surface area contributed by atoms with Crippen LogP contribution in [-0.2, 0) is 0 Å². The summed E-state index contributed by atoms with van der Waals surface area (Å²) in [6.07, 6.45) is 0. The first-order chi connectivity index (χ1) is 12.0. The number of benzene rings is 1. The lowest BCUT2D eigenvalue weighted by Crippen LogP contribution is -2.35. The number of amides is 1. The van der Waals surface area contributed by atoms with Gasteiger partial charge in [0.25, 0.3) is 11.5 Å². The van der Waals surface area contributed by atoms with Crippen molar-refractivity contribution in [1.82, 2.24) is 10.3 Å². The monoisotopic (exact) mass is 342 g/mol. The third-order valence-electron chi connectivity index (χ3n) is 4.18. The summed E-state index contributed by atoms with van der Waals surface area (Å²) in [4.78, 5) is 27.2. The minimum atomic E-state index is -0.394. The smallest absolute Gasteiger partial charge is 0.260 e. The Bertz CT molecular complexity index is 842. The van der Waals surface area contributed by atoms with Crippen LogP contribution in [0.3, 0.4) is 0 Å². The molecular weight excluding hydrogens is 320 g/mol. The van der Waals surface area contributed by atoms with Gasteiger partial charge in [0.2, 0.25) is 0 Å². The first kappa shape index (κ1) is 17.1. The average molecular weight is 342 g/mol. The molecule has 0 fully saturated rings. The van der Waals surface area contributed by atoms with E-state index in [1.54, 1.807) is 19.1 Å². The highest BCUT2D eigenvalue weighted by molar-refractivity contribution is 5.94. The zero-order chi connectivity index (χ0) is 18.0. The van der Waals surface area contributed by atoms with Gasteiger partial charge < -0.3 is 19.8 Å². The van der Waals surface area contributed by atoms with Crippen molar-refractivity contribution in [2.45, 2.75) is 26.8 Å². The number of aryl methyl sites for hydroxylation is 1. The summed E-state index contributed by atoms with van der Waals surface area (Å²) in [5.41, 5.74) is 1.35. The third kappa shape index (κ3) is 3.68. The highest BCUT2D eigenvalue weighted by Crippen LogP contribution is 2.34. The van der Waals surface area contributed by atoms with Crippen molar-refractivity contribution >= 4 is 5.91 Å². The molecule has 1 aromatic carbocycles. The van der Waals surface area contributed by atoms with Crippen molar-refractivity contribution < 1.29 is 14.3 Å². The van der Waals surface area contributed by atoms with Crippen LogP contribution in [0.4, 0.5) is 0 Å². The molecule has 1 atom stereocenters. The Hall–Kier alpha value is -2.76. The second-order valence-electron chi connectivity index (χ2n) is 6.48. The lowest BCUT2D eigenvalue weighted by Gasteiger charge is -2.25. The minimum Gasteiger partial charge on any atom is -0.486 e. The number of ether oxygens (including phenoxy) is 2. The van der Waals surface area contributed by atoms with Crippen molar-refractivity contribution in [2.24, 2.45) is 5.92 Å². The van der Waals surface area contributed by atoms with Gasteiger partial charge in [0.1, 0.15) is 18.8 Å². The minimum absolute atomic E-state index is 0.105. The summed E-state index contributed by atoms with van der Waals surface area (Å²) >= 11 is 0. The van der Waals surface area contributed by atoms with Crippen LogP contribution in [0.1, 0.15) is 41.5 Å². The van der Waals surface area contributed by atoms with E-state index < -0.39 is 5.91 Å². The summed E-state index contributed by atoms with van der Waals surface area (Å²) in [5, 5.41) is 2.96. The molecule has 0 spiro atoms. The molecule has 3 rings (SSSR count). The van der Waals surface area contributed by atoms with E-state index in [9.17, 15) is 9.59 Å². The summed E-state index contributed by atoms with van der Waals surface area (Å²) in [5.74, 6) is 1.13. The number of carbonyl (C=O) groups excluding carboxylic acids is 1. The Morgan fingerprint density at radius 1 is 1.12 bits per heavy atom. The summed E-state index contributed by atoms with van der Waals surface area (Å²) in [6.45, 7) is 6.85. The van der Waals surface area contributed by atoms with Gasteiger partial charge in [0, 0.05) is 5.69 Å². The number of fused-ring (bicyclic) bond motifs is 1. The van der Waals surface area contributed by atoms with Gasteiger partial charge in [-0.15, -0.1) is 0 Å². The SMILES string of the molecule is Cc1ccc(C(=O)NC(c2ccc3c(c2)OCCO3)C(C)C)c(=O)[nH]1. The standard InChI is InChI=1S/C19H22N2O4/c1-11(2)17(13-5-7-15-16(10-13)25-9-8-24-15)21-19(23)14-6-4-12(3)20-18(14)22/h4-7,10-11,17H,8-9H2,1-3H3,(H,20,22)(H,21,23). The van der Waals surface area contributed by atoms with E-state index in [4.69, 9.17) is 9.47 Å². The molecule has 0 aliphatic carbocycles. The molecule has 132 valence electrons. The molecule has 1 aliphatic rings. The van der Waals surface area contributed by atoms with Gasteiger partial charge in [0.05, 0.1) is 6.04 Å². The highest BCUT2D eigenvalue weighted by Gasteiger charge is 2.23. The van der Waals surface area contributed by atoms with E-state index >= 15 is 0 Å². The summed E-state index contributed by atoms with van der Waals surface area (Å²) < 4.78 is 11.2. The van der Waals surface area contributed by atoms with Crippen molar-refractivity contribution in [3.8, 4) is 11.5 Å². The zero-order valence-electron chi connectivity index (χ0n) is 14.6. The van der Waals surface area contributed by atoms with Crippen LogP contribution in [0.2, 0.25) is 0 Å². The van der Waals surface area contributed by atoms with Gasteiger partial charge in [-0.1, -0.05) is 19.9 Å². The Kier molecular flexibility index (Phi) is 4.79. The van der Waals surface area contributed by atoms with Crippen LogP contribution >= 0.6 is 0 Å². The maximum atomic E-state index is 12.6. The fourth-order valence-corrected chi connectivity index (χ4v) is 2.86. The van der Waals surface area contributed by atoms with E-state index in [-0.39, 0.29) is 23.1 Å². The van der Waals surface area contributed by atoms with Gasteiger partial charge in [-0.3, -0.25) is 9.59 Å². The maximum Gasteiger partial charge on any atom is 0.260 e. The molecule has 2 aromatic rings. The average Bonchev–Trinajstić information content (AvgIpc) is 2.58. The fraction of sp³-hybridized carbons (Fsp3) is 0.368. The number of aromatic nitrogens is 1. The molecule has 0 saturated heterocycles. The Labute approximate surface area is 146 Å². The van der Waals surface area contributed by atoms with Crippen LogP contribution in [0.15, 0.2) is 35.1 Å². The molecule has 0 saturated carbocycles. The Balaban J connectivity index is 1.86. The van der Waals surface area contributed by atoms with Gasteiger partial charge in [-0.25, -0.2) is 0 Å². The van der Waals surface area contributed by atoms with Crippen LogP contribution in [0.5, 0.6) is 11.5 Å². The summed E-state index contributed by atoms with van der Waals surface area (Å²) in [7, 11) is 0. The lowest BCUT2D eigenvalue weighted by atomic mass is 9.95. The van der Waals surface area contributed by atoms with Gasteiger partial charge in [-0.2, -0.15) is 0 Å². The largest absolute Gasteiger partial charge is 0.486 e. The fourth-order valence-electron chi connectivity index (χ4n) is 2.86. The first-order valence-corrected chi connectivity index (χ1v) is 8.36. The summed E-state index contributed by atoms with van der Waals surface area (Å²) in [6, 6.07) is 8.67. The predicted octanol–water partition coefficient (Wildman–Crippen LogP) is 2.58. The number of hydrogen-bond donors (Lipinski definition) is 2. The number of hydrogen-bond acceptors (Lipinski definition) is 4. The Morgan fingerprint density at radius 3 is 2.52 bits per heavy atom. The van der Waals surface area contributed by atoms with Crippen molar-refractivity contribution in [1.29, 1.82) is 0 Å². The zero-order valence-corrected chi connectivity index (χ0v) is 14.6. The molecule has 6 heteroatoms. The molecule has 2 N–H and O–H groups in total. The number of nitrogens with one attached hydrogen (secondary N) is 2. The van der Waals surface area contributed by atoms with E-state index in [0.717, 1.165) is 5.56 Å². The van der Waals surface area contributed by atoms with E-state index in [2.05, 4.69) is 10.3 Å². The molecule has 25 heavy (non-hydrogen) atoms. The molecular formula is C19H22N2O4. The van der Waals surface area contributed by atoms with Gasteiger partial charge >= 0.3 is 0 Å². The molecule has 6 nitrogen and oxygen atoms in total. The molecule has 2 heterocycles. The number of H-pyrrole nitrogens is 1. The van der Waals surface area contributed by atoms with Crippen molar-refractivity contribution in [3.05, 3.63) is 57.5 Å². The quantitative estimate of drug-likeness (QED) is 0.895. The van der Waals surface area contributed by atoms with Gasteiger partial charge in [0.15, 0.2) is 11.5 Å². The molecule has 1 amide bonds. The van der Waals surface area contributed by atoms with Crippen LogP contribution in [0.25, 0.3) is 0 Å². The molecule has 1 aromatic heterocycles. The number of rotatable bonds is 4. The van der Waals surface area contributed by atoms with Crippen molar-refractivity contribution in [3.63, 3.8) is 0 Å². The third-order valence-corrected chi connectivity index (χ3v) is 4.18. The molecule has 0 bridgehead atoms. The van der Waals surface area contributed by atoms with Crippen LogP contribution < -0.4 is 20.3 Å². The molecule has 0 radical (unpaired) electrons. The Morgan fingerprint density at radius 2 is 1.84 bits per heavy atom. The number of carbonyl (C=O) groups is 1. The second-order valence-corrected chi connectivity index (χ2v) is 6.48. The number of pyridine rings is 1. The topological polar surface area (TPSA) is 80.4 Å². The van der Waals surface area contributed by atoms with Crippen molar-refractivity contribution in [2.75, 3.05) is 13.2 Å². The first-order valence-electron chi connectivity index (χ1n) is 8.36. The normalized spacial score (nSPS) is 14.2. The molecule has 1 unspecified atom stereocenters. The highest BCUT2D eigenvalue weighted by atomic mass is 16.6. The van der Waals surface area contributed by atoms with Crippen LogP contribution in [0, 0.1) is 12.8 Å². The molecule has 1 aliphatic heterocycles. The van der Waals surface area contributed by atoms with E-state index in [0.29, 0.717) is 30.4 Å². The predicted molar refractivity (Wildman–Crippen MR) is 94.3 cm³/mol. The number of aromatic amines is 1. The second kappa shape index (κ2) is 7.01. The van der Waals surface area contributed by atoms with E-state index in [1.165, 1.54) is 0 Å². The van der Waals surface area contributed by atoms with Gasteiger partial charge in [-0.05, 0) is 42.7 Å². The van der Waals surface area contributed by atoms with E-state index in [1.807, 2.05) is 32.0 Å². The van der Waals surface area contributed by atoms with Crippen LogP contribution in [-0.4, -0.2) is 24.1 Å². The lowest BCUT2D eigenvalue weighted by molar-refractivity contribution is 0.0923. The maximum absolute atomic E-state index is 12.6.